The average molecular weight is 180 g/mol. The van der Waals surface area contributed by atoms with Gasteiger partial charge in [0.1, 0.15) is 0 Å². The summed E-state index contributed by atoms with van der Waals surface area (Å²) in [6, 6.07) is 5.52. The van der Waals surface area contributed by atoms with Crippen molar-refractivity contribution in [3.8, 4) is 0 Å². The number of hydrogen-bond acceptors (Lipinski definition) is 2. The summed E-state index contributed by atoms with van der Waals surface area (Å²) in [6.07, 6.45) is 0. The Morgan fingerprint density at radius 1 is 1.08 bits per heavy atom. The molecule has 0 saturated carbocycles. The lowest BCUT2D eigenvalue weighted by Crippen LogP contribution is -2.31. The lowest BCUT2D eigenvalue weighted by atomic mass is 9.77. The summed E-state index contributed by atoms with van der Waals surface area (Å²) in [7, 11) is -1.35. The molecule has 0 bridgehead atoms. The molecule has 72 valence electrons. The van der Waals surface area contributed by atoms with Gasteiger partial charge in [0.15, 0.2) is 0 Å². The van der Waals surface area contributed by atoms with E-state index in [0.717, 1.165) is 11.1 Å². The largest absolute Gasteiger partial charge is 0.488 e. The molecule has 0 aromatic heterocycles. The van der Waals surface area contributed by atoms with Crippen molar-refractivity contribution in [2.75, 3.05) is 0 Å². The van der Waals surface area contributed by atoms with Crippen LogP contribution in [0.3, 0.4) is 0 Å². The van der Waals surface area contributed by atoms with Gasteiger partial charge in [-0.15, -0.1) is 0 Å². The molecule has 2 nitrogen and oxygen atoms in total. The second-order valence-electron chi connectivity index (χ2n) is 2.73. The van der Waals surface area contributed by atoms with Gasteiger partial charge in [-0.05, 0) is 19.3 Å². The predicted molar refractivity (Wildman–Crippen MR) is 57.1 cm³/mol. The van der Waals surface area contributed by atoms with Crippen molar-refractivity contribution in [3.63, 3.8) is 0 Å². The van der Waals surface area contributed by atoms with Crippen LogP contribution in [0.1, 0.15) is 25.0 Å². The standard InChI is InChI=1S/C8H11BO2.C2H6/c1-6-3-4-8(9(10)11)7(2)5-6;1-2/h3-5,10-11H,1-2H3;1-2H3. The molecule has 13 heavy (non-hydrogen) atoms. The van der Waals surface area contributed by atoms with Gasteiger partial charge in [-0.25, -0.2) is 0 Å². The summed E-state index contributed by atoms with van der Waals surface area (Å²) in [5, 5.41) is 17.7. The van der Waals surface area contributed by atoms with Crippen molar-refractivity contribution in [2.45, 2.75) is 27.7 Å². The lowest BCUT2D eigenvalue weighted by molar-refractivity contribution is 0.425. The molecule has 0 atom stereocenters. The first-order chi connectivity index (χ1) is 6.11. The topological polar surface area (TPSA) is 40.5 Å². The highest BCUT2D eigenvalue weighted by atomic mass is 16.4. The molecule has 1 rings (SSSR count). The molecular formula is C10H17BO2. The first-order valence-electron chi connectivity index (χ1n) is 4.54. The fourth-order valence-electron chi connectivity index (χ4n) is 1.12. The van der Waals surface area contributed by atoms with E-state index in [0.29, 0.717) is 5.46 Å². The fourth-order valence-corrected chi connectivity index (χ4v) is 1.12. The maximum absolute atomic E-state index is 8.85. The van der Waals surface area contributed by atoms with Gasteiger partial charge in [-0.2, -0.15) is 0 Å². The summed E-state index contributed by atoms with van der Waals surface area (Å²) in [5.74, 6) is 0. The molecule has 0 unspecified atom stereocenters. The maximum atomic E-state index is 8.85. The first kappa shape index (κ1) is 12.2. The zero-order valence-corrected chi connectivity index (χ0v) is 8.70. The molecule has 0 aliphatic heterocycles. The van der Waals surface area contributed by atoms with Gasteiger partial charge < -0.3 is 10.0 Å². The number of hydrogen-bond donors (Lipinski definition) is 2. The van der Waals surface area contributed by atoms with Crippen LogP contribution in [0.25, 0.3) is 0 Å². The molecule has 0 aliphatic rings. The van der Waals surface area contributed by atoms with E-state index in [4.69, 9.17) is 10.0 Å². The van der Waals surface area contributed by atoms with Gasteiger partial charge >= 0.3 is 7.12 Å². The van der Waals surface area contributed by atoms with E-state index < -0.39 is 7.12 Å². The van der Waals surface area contributed by atoms with Crippen LogP contribution >= 0.6 is 0 Å². The van der Waals surface area contributed by atoms with E-state index in [9.17, 15) is 0 Å². The van der Waals surface area contributed by atoms with Crippen molar-refractivity contribution in [1.29, 1.82) is 0 Å². The lowest BCUT2D eigenvalue weighted by Gasteiger charge is -2.04. The minimum absolute atomic E-state index is 0.579. The van der Waals surface area contributed by atoms with Gasteiger partial charge in [0.2, 0.25) is 0 Å². The highest BCUT2D eigenvalue weighted by molar-refractivity contribution is 6.59. The summed E-state index contributed by atoms with van der Waals surface area (Å²) < 4.78 is 0. The third kappa shape index (κ3) is 3.62. The van der Waals surface area contributed by atoms with E-state index in [1.54, 1.807) is 6.07 Å². The van der Waals surface area contributed by atoms with Crippen molar-refractivity contribution < 1.29 is 10.0 Å². The minimum Gasteiger partial charge on any atom is -0.423 e. The smallest absolute Gasteiger partial charge is 0.423 e. The molecule has 0 saturated heterocycles. The van der Waals surface area contributed by atoms with Gasteiger partial charge in [0.25, 0.3) is 0 Å². The Hall–Kier alpha value is -0.795. The molecule has 1 aromatic rings. The highest BCUT2D eigenvalue weighted by Crippen LogP contribution is 1.99. The average Bonchev–Trinajstić information content (AvgIpc) is 2.07. The number of aryl methyl sites for hydroxylation is 2. The van der Waals surface area contributed by atoms with E-state index in [1.165, 1.54) is 0 Å². The summed E-state index contributed by atoms with van der Waals surface area (Å²) >= 11 is 0. The Morgan fingerprint density at radius 3 is 2.00 bits per heavy atom. The van der Waals surface area contributed by atoms with E-state index in [2.05, 4.69) is 0 Å². The normalized spacial score (nSPS) is 8.77. The van der Waals surface area contributed by atoms with E-state index >= 15 is 0 Å². The quantitative estimate of drug-likeness (QED) is 0.633. The second-order valence-corrected chi connectivity index (χ2v) is 2.73. The van der Waals surface area contributed by atoms with Crippen LogP contribution in [-0.4, -0.2) is 17.2 Å². The zero-order chi connectivity index (χ0) is 10.4. The van der Waals surface area contributed by atoms with Gasteiger partial charge in [0, 0.05) is 0 Å². The molecule has 0 amide bonds. The molecule has 0 aliphatic carbocycles. The van der Waals surface area contributed by atoms with E-state index in [-0.39, 0.29) is 0 Å². The molecule has 0 heterocycles. The monoisotopic (exact) mass is 180 g/mol. The molecule has 2 N–H and O–H groups in total. The third-order valence-corrected chi connectivity index (χ3v) is 1.70. The molecule has 3 heteroatoms. The Labute approximate surface area is 80.4 Å². The third-order valence-electron chi connectivity index (χ3n) is 1.70. The van der Waals surface area contributed by atoms with Crippen LogP contribution in [0.5, 0.6) is 0 Å². The van der Waals surface area contributed by atoms with Gasteiger partial charge in [-0.3, -0.25) is 0 Å². The summed E-state index contributed by atoms with van der Waals surface area (Å²) in [6.45, 7) is 7.84. The van der Waals surface area contributed by atoms with Crippen LogP contribution in [0.4, 0.5) is 0 Å². The van der Waals surface area contributed by atoms with Gasteiger partial charge in [0.05, 0.1) is 0 Å². The zero-order valence-electron chi connectivity index (χ0n) is 8.70. The van der Waals surface area contributed by atoms with Crippen molar-refractivity contribution in [3.05, 3.63) is 29.3 Å². The second kappa shape index (κ2) is 5.78. The van der Waals surface area contributed by atoms with Crippen LogP contribution in [0, 0.1) is 13.8 Å². The molecule has 0 spiro atoms. The van der Waals surface area contributed by atoms with Crippen LogP contribution in [0.15, 0.2) is 18.2 Å². The number of benzene rings is 1. The maximum Gasteiger partial charge on any atom is 0.488 e. The number of rotatable bonds is 1. The van der Waals surface area contributed by atoms with Crippen molar-refractivity contribution in [2.24, 2.45) is 0 Å². The fraction of sp³-hybridized carbons (Fsp3) is 0.400. The summed E-state index contributed by atoms with van der Waals surface area (Å²) in [4.78, 5) is 0. The Balaban J connectivity index is 0.000000671. The van der Waals surface area contributed by atoms with Crippen LogP contribution in [-0.2, 0) is 0 Å². The van der Waals surface area contributed by atoms with E-state index in [1.807, 2.05) is 39.8 Å². The summed E-state index contributed by atoms with van der Waals surface area (Å²) in [5.41, 5.74) is 2.63. The molecular weight excluding hydrogens is 163 g/mol. The minimum atomic E-state index is -1.35. The highest BCUT2D eigenvalue weighted by Gasteiger charge is 2.12. The van der Waals surface area contributed by atoms with Crippen LogP contribution < -0.4 is 5.46 Å². The molecule has 0 fully saturated rings. The SMILES string of the molecule is CC.Cc1ccc(B(O)O)c(C)c1. The molecule has 1 aromatic carbocycles. The Kier molecular flexibility index (Phi) is 5.43. The first-order valence-corrected chi connectivity index (χ1v) is 4.54. The van der Waals surface area contributed by atoms with Crippen molar-refractivity contribution >= 4 is 12.6 Å². The molecule has 0 radical (unpaired) electrons. The predicted octanol–water partition coefficient (Wildman–Crippen LogP) is 1.01. The Morgan fingerprint density at radius 2 is 1.62 bits per heavy atom. The van der Waals surface area contributed by atoms with Crippen molar-refractivity contribution in [1.82, 2.24) is 0 Å². The van der Waals surface area contributed by atoms with Gasteiger partial charge in [-0.1, -0.05) is 43.2 Å². The van der Waals surface area contributed by atoms with Crippen LogP contribution in [0.2, 0.25) is 0 Å². The Bertz CT molecular complexity index is 259.